The van der Waals surface area contributed by atoms with Gasteiger partial charge in [0.05, 0.1) is 6.10 Å². The third-order valence-electron chi connectivity index (χ3n) is 4.10. The predicted octanol–water partition coefficient (Wildman–Crippen LogP) is 2.54. The van der Waals surface area contributed by atoms with Gasteiger partial charge in [-0.2, -0.15) is 0 Å². The highest BCUT2D eigenvalue weighted by atomic mass is 16.5. The molecule has 3 heterocycles. The Morgan fingerprint density at radius 1 is 1.28 bits per heavy atom. The molecule has 0 radical (unpaired) electrons. The molecule has 7 nitrogen and oxygen atoms in total. The Bertz CT molecular complexity index is 887. The lowest BCUT2D eigenvalue weighted by molar-refractivity contribution is 0.0679. The SMILES string of the molecule is O=C(Nc1nnc2ccccn12)c1cccc(OCC2CCCO2)c1. The van der Waals surface area contributed by atoms with Gasteiger partial charge in [-0.15, -0.1) is 10.2 Å². The van der Waals surface area contributed by atoms with Gasteiger partial charge < -0.3 is 9.47 Å². The average molecular weight is 338 g/mol. The van der Waals surface area contributed by atoms with Gasteiger partial charge in [0.25, 0.3) is 5.91 Å². The van der Waals surface area contributed by atoms with E-state index in [1.807, 2.05) is 24.3 Å². The van der Waals surface area contributed by atoms with E-state index in [2.05, 4.69) is 15.5 Å². The molecule has 128 valence electrons. The van der Waals surface area contributed by atoms with Crippen molar-refractivity contribution in [3.63, 3.8) is 0 Å². The molecule has 1 aromatic carbocycles. The molecule has 7 heteroatoms. The number of aromatic nitrogens is 3. The molecule has 1 aliphatic heterocycles. The predicted molar refractivity (Wildman–Crippen MR) is 91.9 cm³/mol. The van der Waals surface area contributed by atoms with Crippen LogP contribution in [0.4, 0.5) is 5.95 Å². The highest BCUT2D eigenvalue weighted by molar-refractivity contribution is 6.03. The molecule has 0 saturated carbocycles. The van der Waals surface area contributed by atoms with Crippen molar-refractivity contribution in [1.82, 2.24) is 14.6 Å². The minimum Gasteiger partial charge on any atom is -0.491 e. The lowest BCUT2D eigenvalue weighted by Gasteiger charge is -2.12. The molecule has 1 unspecified atom stereocenters. The minimum absolute atomic E-state index is 0.139. The summed E-state index contributed by atoms with van der Waals surface area (Å²) < 4.78 is 13.0. The largest absolute Gasteiger partial charge is 0.491 e. The van der Waals surface area contributed by atoms with Crippen molar-refractivity contribution < 1.29 is 14.3 Å². The number of nitrogens with one attached hydrogen (secondary N) is 1. The van der Waals surface area contributed by atoms with Crippen molar-refractivity contribution in [2.75, 3.05) is 18.5 Å². The number of amides is 1. The van der Waals surface area contributed by atoms with Crippen LogP contribution in [-0.4, -0.2) is 39.8 Å². The molecule has 0 aliphatic carbocycles. The Hall–Kier alpha value is -2.93. The Morgan fingerprint density at radius 3 is 3.12 bits per heavy atom. The van der Waals surface area contributed by atoms with Crippen molar-refractivity contribution >= 4 is 17.5 Å². The molecule has 1 N–H and O–H groups in total. The van der Waals surface area contributed by atoms with Gasteiger partial charge in [-0.05, 0) is 43.2 Å². The lowest BCUT2D eigenvalue weighted by atomic mass is 10.2. The van der Waals surface area contributed by atoms with Crippen LogP contribution in [0, 0.1) is 0 Å². The van der Waals surface area contributed by atoms with E-state index in [1.165, 1.54) is 0 Å². The highest BCUT2D eigenvalue weighted by Crippen LogP contribution is 2.18. The summed E-state index contributed by atoms with van der Waals surface area (Å²) in [7, 11) is 0. The number of benzene rings is 1. The van der Waals surface area contributed by atoms with Crippen LogP contribution >= 0.6 is 0 Å². The number of carbonyl (C=O) groups is 1. The second-order valence-electron chi connectivity index (χ2n) is 5.88. The fourth-order valence-corrected chi connectivity index (χ4v) is 2.79. The third-order valence-corrected chi connectivity index (χ3v) is 4.10. The van der Waals surface area contributed by atoms with Crippen LogP contribution in [0.2, 0.25) is 0 Å². The van der Waals surface area contributed by atoms with Gasteiger partial charge in [-0.3, -0.25) is 14.5 Å². The van der Waals surface area contributed by atoms with Gasteiger partial charge in [0.1, 0.15) is 12.4 Å². The molecule has 3 aromatic rings. The first-order valence-electron chi connectivity index (χ1n) is 8.25. The van der Waals surface area contributed by atoms with E-state index in [0.29, 0.717) is 29.5 Å². The third kappa shape index (κ3) is 3.46. The van der Waals surface area contributed by atoms with Crippen molar-refractivity contribution in [2.24, 2.45) is 0 Å². The van der Waals surface area contributed by atoms with E-state index in [4.69, 9.17) is 9.47 Å². The quantitative estimate of drug-likeness (QED) is 0.773. The van der Waals surface area contributed by atoms with E-state index >= 15 is 0 Å². The number of hydrogen-bond acceptors (Lipinski definition) is 5. The van der Waals surface area contributed by atoms with Crippen LogP contribution in [0.3, 0.4) is 0 Å². The maximum absolute atomic E-state index is 12.5. The molecule has 4 rings (SSSR count). The van der Waals surface area contributed by atoms with Gasteiger partial charge in [-0.1, -0.05) is 12.1 Å². The van der Waals surface area contributed by atoms with Gasteiger partial charge in [0.15, 0.2) is 5.65 Å². The number of rotatable bonds is 5. The number of anilines is 1. The van der Waals surface area contributed by atoms with Crippen molar-refractivity contribution in [3.05, 3.63) is 54.2 Å². The molecule has 1 fully saturated rings. The van der Waals surface area contributed by atoms with Crippen LogP contribution in [-0.2, 0) is 4.74 Å². The summed E-state index contributed by atoms with van der Waals surface area (Å²) >= 11 is 0. The number of ether oxygens (including phenoxy) is 2. The molecule has 1 atom stereocenters. The van der Waals surface area contributed by atoms with Gasteiger partial charge in [0.2, 0.25) is 5.95 Å². The van der Waals surface area contributed by atoms with E-state index in [1.54, 1.807) is 28.8 Å². The molecule has 2 aromatic heterocycles. The van der Waals surface area contributed by atoms with Gasteiger partial charge in [-0.25, -0.2) is 0 Å². The number of nitrogens with zero attached hydrogens (tertiary/aromatic N) is 3. The minimum atomic E-state index is -0.263. The average Bonchev–Trinajstić information content (AvgIpc) is 3.31. The molecular weight excluding hydrogens is 320 g/mol. The number of pyridine rings is 1. The Labute approximate surface area is 144 Å². The molecule has 0 spiro atoms. The first-order valence-corrected chi connectivity index (χ1v) is 8.25. The summed E-state index contributed by atoms with van der Waals surface area (Å²) in [6.45, 7) is 1.29. The van der Waals surface area contributed by atoms with Crippen LogP contribution in [0.15, 0.2) is 48.7 Å². The van der Waals surface area contributed by atoms with E-state index in [9.17, 15) is 4.79 Å². The fraction of sp³-hybridized carbons (Fsp3) is 0.278. The van der Waals surface area contributed by atoms with Crippen molar-refractivity contribution in [3.8, 4) is 5.75 Å². The Balaban J connectivity index is 1.45. The Kier molecular flexibility index (Phi) is 4.30. The zero-order chi connectivity index (χ0) is 17.1. The highest BCUT2D eigenvalue weighted by Gasteiger charge is 2.16. The second kappa shape index (κ2) is 6.90. The van der Waals surface area contributed by atoms with Crippen LogP contribution in [0.5, 0.6) is 5.75 Å². The summed E-state index contributed by atoms with van der Waals surface area (Å²) in [4.78, 5) is 12.5. The van der Waals surface area contributed by atoms with Crippen molar-refractivity contribution in [1.29, 1.82) is 0 Å². The molecular formula is C18H18N4O3. The normalized spacial score (nSPS) is 16.9. The summed E-state index contributed by atoms with van der Waals surface area (Å²) in [5.74, 6) is 0.765. The van der Waals surface area contributed by atoms with Gasteiger partial charge in [0, 0.05) is 18.4 Å². The zero-order valence-electron chi connectivity index (χ0n) is 13.6. The van der Waals surface area contributed by atoms with E-state index in [-0.39, 0.29) is 12.0 Å². The zero-order valence-corrected chi connectivity index (χ0v) is 13.6. The number of carbonyl (C=O) groups excluding carboxylic acids is 1. The first kappa shape index (κ1) is 15.6. The second-order valence-corrected chi connectivity index (χ2v) is 5.88. The van der Waals surface area contributed by atoms with E-state index in [0.717, 1.165) is 19.4 Å². The Morgan fingerprint density at radius 2 is 2.24 bits per heavy atom. The molecule has 0 bridgehead atoms. The maximum atomic E-state index is 12.5. The molecule has 25 heavy (non-hydrogen) atoms. The smallest absolute Gasteiger partial charge is 0.258 e. The van der Waals surface area contributed by atoms with Crippen LogP contribution in [0.1, 0.15) is 23.2 Å². The molecule has 1 aliphatic rings. The van der Waals surface area contributed by atoms with Gasteiger partial charge >= 0.3 is 0 Å². The molecule has 1 saturated heterocycles. The van der Waals surface area contributed by atoms with Crippen LogP contribution in [0.25, 0.3) is 5.65 Å². The summed E-state index contributed by atoms with van der Waals surface area (Å²) in [5, 5.41) is 10.8. The topological polar surface area (TPSA) is 77.8 Å². The fourth-order valence-electron chi connectivity index (χ4n) is 2.79. The number of hydrogen-bond donors (Lipinski definition) is 1. The van der Waals surface area contributed by atoms with Crippen molar-refractivity contribution in [2.45, 2.75) is 18.9 Å². The molecule has 1 amide bonds. The van der Waals surface area contributed by atoms with Crippen LogP contribution < -0.4 is 10.1 Å². The summed E-state index contributed by atoms with van der Waals surface area (Å²) in [6.07, 6.45) is 4.02. The summed E-state index contributed by atoms with van der Waals surface area (Å²) in [5.41, 5.74) is 1.17. The number of fused-ring (bicyclic) bond motifs is 1. The maximum Gasteiger partial charge on any atom is 0.258 e. The lowest BCUT2D eigenvalue weighted by Crippen LogP contribution is -2.17. The summed E-state index contributed by atoms with van der Waals surface area (Å²) in [6, 6.07) is 12.6. The van der Waals surface area contributed by atoms with E-state index < -0.39 is 0 Å². The standard InChI is InChI=1S/C18H18N4O3/c23-17(19-18-21-20-16-8-1-2-9-22(16)18)13-5-3-6-14(11-13)25-12-15-7-4-10-24-15/h1-3,5-6,8-9,11,15H,4,7,10,12H2,(H,19,21,23). The monoisotopic (exact) mass is 338 g/mol. The first-order chi connectivity index (χ1) is 12.3.